The number of methoxy groups -OCH3 is 1. The third kappa shape index (κ3) is 5.65. The molecule has 0 spiro atoms. The molecule has 1 unspecified atom stereocenters. The van der Waals surface area contributed by atoms with Gasteiger partial charge in [-0.05, 0) is 35.7 Å². The molecule has 0 bridgehead atoms. The van der Waals surface area contributed by atoms with Gasteiger partial charge in [0.15, 0.2) is 11.6 Å². The molecule has 0 saturated heterocycles. The first kappa shape index (κ1) is 20.6. The van der Waals surface area contributed by atoms with E-state index in [1.54, 1.807) is 6.07 Å². The van der Waals surface area contributed by atoms with Crippen LogP contribution in [0.15, 0.2) is 36.4 Å². The Morgan fingerprint density at radius 2 is 2.00 bits per heavy atom. The number of aliphatic carboxylic acids is 1. The summed E-state index contributed by atoms with van der Waals surface area (Å²) in [6, 6.07) is 7.50. The molecule has 144 valence electrons. The Kier molecular flexibility index (Phi) is 7.12. The van der Waals surface area contributed by atoms with Crippen molar-refractivity contribution in [2.45, 2.75) is 25.3 Å². The zero-order valence-corrected chi connectivity index (χ0v) is 15.2. The second kappa shape index (κ2) is 9.32. The first-order valence-electron chi connectivity index (χ1n) is 8.09. The average molecular weight is 398 g/mol. The zero-order chi connectivity index (χ0) is 20.0. The first-order valence-corrected chi connectivity index (χ1v) is 8.47. The largest absolute Gasteiger partial charge is 0.494 e. The molecular weight excluding hydrogens is 380 g/mol. The van der Waals surface area contributed by atoms with Crippen LogP contribution in [0.2, 0.25) is 5.02 Å². The molecule has 0 heterocycles. The molecule has 27 heavy (non-hydrogen) atoms. The topological polar surface area (TPSA) is 75.6 Å². The molecule has 2 N–H and O–H groups in total. The van der Waals surface area contributed by atoms with Gasteiger partial charge in [0.05, 0.1) is 24.6 Å². The number of benzene rings is 2. The Balaban J connectivity index is 2.07. The number of hydrogen-bond donors (Lipinski definition) is 2. The van der Waals surface area contributed by atoms with Crippen LogP contribution in [-0.2, 0) is 16.0 Å². The summed E-state index contributed by atoms with van der Waals surface area (Å²) in [7, 11) is 1.34. The van der Waals surface area contributed by atoms with Crippen molar-refractivity contribution in [3.63, 3.8) is 0 Å². The van der Waals surface area contributed by atoms with Gasteiger partial charge in [-0.2, -0.15) is 0 Å². The van der Waals surface area contributed by atoms with Gasteiger partial charge in [-0.1, -0.05) is 29.8 Å². The standard InChI is InChI=1S/C19H18ClF2NO4/c1-27-16-4-2-3-11(19(16)22)6-8-17(24)23-15(10-18(25)26)12-5-7-13(20)14(21)9-12/h2-5,7,9,15H,6,8,10H2,1H3,(H,23,24)(H,25,26). The number of carboxylic acid groups (broad SMARTS) is 1. The molecule has 5 nitrogen and oxygen atoms in total. The smallest absolute Gasteiger partial charge is 0.305 e. The summed E-state index contributed by atoms with van der Waals surface area (Å²) < 4.78 is 32.7. The molecule has 1 atom stereocenters. The molecule has 0 aliphatic rings. The van der Waals surface area contributed by atoms with Gasteiger partial charge in [-0.15, -0.1) is 0 Å². The molecule has 8 heteroatoms. The fourth-order valence-corrected chi connectivity index (χ4v) is 2.70. The number of carbonyl (C=O) groups excluding carboxylic acids is 1. The van der Waals surface area contributed by atoms with Crippen LogP contribution < -0.4 is 10.1 Å². The SMILES string of the molecule is COc1cccc(CCC(=O)NC(CC(=O)O)c2ccc(Cl)c(F)c2)c1F. The van der Waals surface area contributed by atoms with E-state index < -0.39 is 36.0 Å². The lowest BCUT2D eigenvalue weighted by molar-refractivity contribution is -0.137. The van der Waals surface area contributed by atoms with Gasteiger partial charge in [0.25, 0.3) is 0 Å². The molecule has 1 amide bonds. The van der Waals surface area contributed by atoms with Gasteiger partial charge >= 0.3 is 5.97 Å². The number of ether oxygens (including phenoxy) is 1. The molecule has 0 aliphatic carbocycles. The van der Waals surface area contributed by atoms with Crippen molar-refractivity contribution >= 4 is 23.5 Å². The Morgan fingerprint density at radius 1 is 1.26 bits per heavy atom. The molecule has 0 radical (unpaired) electrons. The monoisotopic (exact) mass is 397 g/mol. The molecule has 2 aromatic rings. The lowest BCUT2D eigenvalue weighted by Crippen LogP contribution is -2.30. The summed E-state index contributed by atoms with van der Waals surface area (Å²) in [4.78, 5) is 23.3. The summed E-state index contributed by atoms with van der Waals surface area (Å²) in [5.41, 5.74) is 0.581. The Hall–Kier alpha value is -2.67. The molecule has 0 fully saturated rings. The molecule has 2 aromatic carbocycles. The highest BCUT2D eigenvalue weighted by Crippen LogP contribution is 2.24. The van der Waals surface area contributed by atoms with E-state index in [-0.39, 0.29) is 29.2 Å². The normalized spacial score (nSPS) is 11.7. The Morgan fingerprint density at radius 3 is 2.63 bits per heavy atom. The van der Waals surface area contributed by atoms with E-state index in [4.69, 9.17) is 21.4 Å². The quantitative estimate of drug-likeness (QED) is 0.708. The third-order valence-corrected chi connectivity index (χ3v) is 4.25. The highest BCUT2D eigenvalue weighted by atomic mass is 35.5. The number of carbonyl (C=O) groups is 2. The van der Waals surface area contributed by atoms with Crippen LogP contribution in [0.25, 0.3) is 0 Å². The van der Waals surface area contributed by atoms with E-state index in [1.165, 1.54) is 31.4 Å². The summed E-state index contributed by atoms with van der Waals surface area (Å²) in [5.74, 6) is -2.83. The van der Waals surface area contributed by atoms with Gasteiger partial charge in [0.2, 0.25) is 5.91 Å². The fourth-order valence-electron chi connectivity index (χ4n) is 2.58. The third-order valence-electron chi connectivity index (χ3n) is 3.94. The van der Waals surface area contributed by atoms with Gasteiger partial charge in [-0.25, -0.2) is 8.78 Å². The lowest BCUT2D eigenvalue weighted by Gasteiger charge is -2.18. The van der Waals surface area contributed by atoms with E-state index in [0.29, 0.717) is 5.56 Å². The van der Waals surface area contributed by atoms with Crippen LogP contribution >= 0.6 is 11.6 Å². The predicted molar refractivity (Wildman–Crippen MR) is 95.8 cm³/mol. The number of hydrogen-bond acceptors (Lipinski definition) is 3. The van der Waals surface area contributed by atoms with E-state index >= 15 is 0 Å². The minimum Gasteiger partial charge on any atom is -0.494 e. The van der Waals surface area contributed by atoms with Crippen LogP contribution in [0.4, 0.5) is 8.78 Å². The van der Waals surface area contributed by atoms with Crippen LogP contribution in [0, 0.1) is 11.6 Å². The minimum atomic E-state index is -1.16. The van der Waals surface area contributed by atoms with Crippen molar-refractivity contribution in [2.75, 3.05) is 7.11 Å². The van der Waals surface area contributed by atoms with Crippen molar-refractivity contribution in [1.82, 2.24) is 5.32 Å². The van der Waals surface area contributed by atoms with E-state index in [9.17, 15) is 18.4 Å². The van der Waals surface area contributed by atoms with Crippen molar-refractivity contribution in [2.24, 2.45) is 0 Å². The summed E-state index contributed by atoms with van der Waals surface area (Å²) in [5, 5.41) is 11.5. The average Bonchev–Trinajstić information content (AvgIpc) is 2.62. The van der Waals surface area contributed by atoms with Gasteiger partial charge < -0.3 is 15.2 Å². The summed E-state index contributed by atoms with van der Waals surface area (Å²) in [6.07, 6.45) is -0.403. The zero-order valence-electron chi connectivity index (χ0n) is 14.5. The minimum absolute atomic E-state index is 0.0731. The molecule has 0 aromatic heterocycles. The molecular formula is C19H18ClF2NO4. The molecule has 0 saturated carbocycles. The lowest BCUT2D eigenvalue weighted by atomic mass is 10.0. The maximum absolute atomic E-state index is 14.1. The predicted octanol–water partition coefficient (Wildman–Crippen LogP) is 3.89. The van der Waals surface area contributed by atoms with Crippen molar-refractivity contribution in [3.05, 3.63) is 64.2 Å². The maximum atomic E-state index is 14.1. The molecule has 0 aliphatic heterocycles. The maximum Gasteiger partial charge on any atom is 0.305 e. The fraction of sp³-hybridized carbons (Fsp3) is 0.263. The van der Waals surface area contributed by atoms with E-state index in [2.05, 4.69) is 5.32 Å². The number of rotatable bonds is 8. The van der Waals surface area contributed by atoms with Crippen LogP contribution in [0.3, 0.4) is 0 Å². The van der Waals surface area contributed by atoms with Crippen LogP contribution in [-0.4, -0.2) is 24.1 Å². The highest BCUT2D eigenvalue weighted by Gasteiger charge is 2.20. The first-order chi connectivity index (χ1) is 12.8. The Bertz CT molecular complexity index is 844. The van der Waals surface area contributed by atoms with E-state index in [0.717, 1.165) is 6.07 Å². The van der Waals surface area contributed by atoms with Gasteiger partial charge in [0.1, 0.15) is 5.82 Å². The van der Waals surface area contributed by atoms with Gasteiger partial charge in [-0.3, -0.25) is 9.59 Å². The van der Waals surface area contributed by atoms with Crippen molar-refractivity contribution in [3.8, 4) is 5.75 Å². The second-order valence-corrected chi connectivity index (χ2v) is 6.23. The number of aryl methyl sites for hydroxylation is 1. The van der Waals surface area contributed by atoms with Crippen LogP contribution in [0.5, 0.6) is 5.75 Å². The van der Waals surface area contributed by atoms with Crippen LogP contribution in [0.1, 0.15) is 30.0 Å². The molecule has 2 rings (SSSR count). The number of amides is 1. The van der Waals surface area contributed by atoms with E-state index in [1.807, 2.05) is 0 Å². The number of nitrogens with one attached hydrogen (secondary N) is 1. The number of halogens is 3. The summed E-state index contributed by atoms with van der Waals surface area (Å²) in [6.45, 7) is 0. The summed E-state index contributed by atoms with van der Waals surface area (Å²) >= 11 is 5.63. The second-order valence-electron chi connectivity index (χ2n) is 5.82. The number of carboxylic acids is 1. The van der Waals surface area contributed by atoms with Crippen molar-refractivity contribution in [1.29, 1.82) is 0 Å². The van der Waals surface area contributed by atoms with Gasteiger partial charge in [0, 0.05) is 6.42 Å². The highest BCUT2D eigenvalue weighted by molar-refractivity contribution is 6.30. The Labute approximate surface area is 159 Å². The van der Waals surface area contributed by atoms with Crippen molar-refractivity contribution < 1.29 is 28.2 Å².